The van der Waals surface area contributed by atoms with Crippen LogP contribution in [0.4, 0.5) is 0 Å². The number of hydrogen-bond donors (Lipinski definition) is 0. The summed E-state index contributed by atoms with van der Waals surface area (Å²) in [5.41, 5.74) is 8.05. The second kappa shape index (κ2) is 3.63. The highest BCUT2D eigenvalue weighted by Crippen LogP contribution is 2.63. The second-order valence-corrected chi connectivity index (χ2v) is 11.1. The Hall–Kier alpha value is -3.64. The van der Waals surface area contributed by atoms with Gasteiger partial charge in [-0.15, -0.1) is 0 Å². The van der Waals surface area contributed by atoms with Crippen molar-refractivity contribution in [1.29, 1.82) is 0 Å². The summed E-state index contributed by atoms with van der Waals surface area (Å²) >= 11 is 0. The first-order valence-electron chi connectivity index (χ1n) is 12.1. The molecule has 0 bridgehead atoms. The molecular formula is C32H14. The molecule has 3 aliphatic rings. The first-order valence-corrected chi connectivity index (χ1v) is 12.1. The van der Waals surface area contributed by atoms with Gasteiger partial charge in [0.05, 0.1) is 0 Å². The van der Waals surface area contributed by atoms with Gasteiger partial charge in [-0.3, -0.25) is 0 Å². The third-order valence-corrected chi connectivity index (χ3v) is 10.1. The summed E-state index contributed by atoms with van der Waals surface area (Å²) in [6.07, 6.45) is 3.52. The Morgan fingerprint density at radius 3 is 1.66 bits per heavy atom. The molecule has 0 heterocycles. The van der Waals surface area contributed by atoms with E-state index in [0.717, 1.165) is 6.42 Å². The summed E-state index contributed by atoms with van der Waals surface area (Å²) < 4.78 is 0. The van der Waals surface area contributed by atoms with Crippen molar-refractivity contribution < 1.29 is 0 Å². The quantitative estimate of drug-likeness (QED) is 0.226. The zero-order valence-corrected chi connectivity index (χ0v) is 17.2. The molecule has 0 unspecified atom stereocenters. The lowest BCUT2D eigenvalue weighted by Gasteiger charge is -2.21. The van der Waals surface area contributed by atoms with Crippen LogP contribution in [0.5, 0.6) is 0 Å². The largest absolute Gasteiger partial charge is 0.0578 e. The van der Waals surface area contributed by atoms with Gasteiger partial charge in [-0.05, 0) is 139 Å². The highest BCUT2D eigenvalue weighted by molar-refractivity contribution is 6.56. The fraction of sp³-hybridized carbons (Fsp3) is 0.125. The predicted octanol–water partition coefficient (Wildman–Crippen LogP) is 8.20. The second-order valence-electron chi connectivity index (χ2n) is 11.1. The van der Waals surface area contributed by atoms with Gasteiger partial charge in [-0.1, -0.05) is 42.5 Å². The lowest BCUT2D eigenvalue weighted by Crippen LogP contribution is -2.06. The molecule has 12 rings (SSSR count). The number of rotatable bonds is 0. The highest BCUT2D eigenvalue weighted by atomic mass is 14.4. The van der Waals surface area contributed by atoms with E-state index >= 15 is 0 Å². The van der Waals surface area contributed by atoms with Gasteiger partial charge in [0, 0.05) is 0 Å². The first-order chi connectivity index (χ1) is 15.9. The zero-order valence-electron chi connectivity index (χ0n) is 17.2. The lowest BCUT2D eigenvalue weighted by atomic mass is 9.82. The third kappa shape index (κ3) is 0.998. The van der Waals surface area contributed by atoms with Gasteiger partial charge in [0.2, 0.25) is 0 Å². The van der Waals surface area contributed by atoms with Gasteiger partial charge >= 0.3 is 0 Å². The molecule has 0 saturated heterocycles. The summed E-state index contributed by atoms with van der Waals surface area (Å²) in [6, 6.07) is 17.3. The van der Waals surface area contributed by atoms with E-state index in [1.54, 1.807) is 97.8 Å². The molecule has 0 saturated carbocycles. The van der Waals surface area contributed by atoms with E-state index in [4.69, 9.17) is 0 Å². The Bertz CT molecular complexity index is 2360. The van der Waals surface area contributed by atoms with Crippen molar-refractivity contribution in [3.63, 3.8) is 0 Å². The number of hydrogen-bond acceptors (Lipinski definition) is 0. The maximum atomic E-state index is 2.56. The SMILES string of the molecule is c1cc2cc3c4c5c(cc6ccc7cc8c9c%10c%11c(c1C[C@@H]%10C8)c2c4c%11c1c9c7c6c51)C3. The van der Waals surface area contributed by atoms with Crippen molar-refractivity contribution >= 4 is 86.2 Å². The van der Waals surface area contributed by atoms with Crippen molar-refractivity contribution in [3.05, 3.63) is 70.3 Å². The van der Waals surface area contributed by atoms with Gasteiger partial charge < -0.3 is 0 Å². The molecule has 0 heteroatoms. The summed E-state index contributed by atoms with van der Waals surface area (Å²) in [7, 11) is 0. The van der Waals surface area contributed by atoms with Crippen molar-refractivity contribution in [3.8, 4) is 0 Å². The average Bonchev–Trinajstić information content (AvgIpc) is 3.53. The molecule has 3 aliphatic carbocycles. The molecule has 142 valence electrons. The average molecular weight is 398 g/mol. The summed E-state index contributed by atoms with van der Waals surface area (Å²) in [6.45, 7) is 0. The van der Waals surface area contributed by atoms with Crippen LogP contribution in [0.25, 0.3) is 86.2 Å². The van der Waals surface area contributed by atoms with E-state index in [-0.39, 0.29) is 0 Å². The van der Waals surface area contributed by atoms with E-state index in [1.807, 2.05) is 0 Å². The van der Waals surface area contributed by atoms with Crippen LogP contribution in [0.1, 0.15) is 33.7 Å². The molecule has 0 aliphatic heterocycles. The van der Waals surface area contributed by atoms with E-state index in [9.17, 15) is 0 Å². The van der Waals surface area contributed by atoms with Gasteiger partial charge in [0.25, 0.3) is 0 Å². The minimum Gasteiger partial charge on any atom is -0.0578 e. The molecule has 0 amide bonds. The molecular weight excluding hydrogens is 384 g/mol. The zero-order chi connectivity index (χ0) is 19.8. The lowest BCUT2D eigenvalue weighted by molar-refractivity contribution is 0.713. The summed E-state index contributed by atoms with van der Waals surface area (Å²) in [4.78, 5) is 0. The normalized spacial score (nSPS) is 19.2. The molecule has 32 heavy (non-hydrogen) atoms. The van der Waals surface area contributed by atoms with Crippen molar-refractivity contribution in [2.75, 3.05) is 0 Å². The third-order valence-electron chi connectivity index (χ3n) is 10.1. The van der Waals surface area contributed by atoms with E-state index in [2.05, 4.69) is 42.5 Å². The van der Waals surface area contributed by atoms with Crippen LogP contribution < -0.4 is 0 Å². The molecule has 0 spiro atoms. The first kappa shape index (κ1) is 13.7. The van der Waals surface area contributed by atoms with Crippen molar-refractivity contribution in [2.45, 2.75) is 25.2 Å². The van der Waals surface area contributed by atoms with E-state index in [0.29, 0.717) is 5.92 Å². The van der Waals surface area contributed by atoms with Crippen molar-refractivity contribution in [2.24, 2.45) is 0 Å². The smallest absolute Gasteiger partial charge is 0.0000505 e. The molecule has 0 radical (unpaired) electrons. The van der Waals surface area contributed by atoms with Crippen LogP contribution in [0.2, 0.25) is 0 Å². The van der Waals surface area contributed by atoms with E-state index in [1.165, 1.54) is 29.0 Å². The van der Waals surface area contributed by atoms with Crippen LogP contribution in [0.3, 0.4) is 0 Å². The fourth-order valence-electron chi connectivity index (χ4n) is 9.32. The minimum absolute atomic E-state index is 0.658. The van der Waals surface area contributed by atoms with Crippen LogP contribution in [-0.4, -0.2) is 0 Å². The van der Waals surface area contributed by atoms with Gasteiger partial charge in [0.15, 0.2) is 0 Å². The predicted molar refractivity (Wildman–Crippen MR) is 135 cm³/mol. The summed E-state index contributed by atoms with van der Waals surface area (Å²) in [5.74, 6) is 0.658. The molecule has 0 nitrogen and oxygen atoms in total. The topological polar surface area (TPSA) is 0 Å². The molecule has 0 aromatic heterocycles. The van der Waals surface area contributed by atoms with Gasteiger partial charge in [0.1, 0.15) is 0 Å². The van der Waals surface area contributed by atoms with Gasteiger partial charge in [-0.25, -0.2) is 0 Å². The molecule has 1 atom stereocenters. The van der Waals surface area contributed by atoms with Gasteiger partial charge in [-0.2, -0.15) is 0 Å². The maximum Gasteiger partial charge on any atom is -0.0000505 e. The molecule has 0 N–H and O–H groups in total. The fourth-order valence-corrected chi connectivity index (χ4v) is 9.32. The number of benzene rings is 7. The van der Waals surface area contributed by atoms with Crippen LogP contribution in [0.15, 0.2) is 42.5 Å². The van der Waals surface area contributed by atoms with E-state index < -0.39 is 0 Å². The minimum atomic E-state index is 0.658. The molecule has 9 aromatic rings. The highest BCUT2D eigenvalue weighted by Gasteiger charge is 2.40. The van der Waals surface area contributed by atoms with Crippen LogP contribution >= 0.6 is 0 Å². The molecule has 9 aromatic carbocycles. The maximum absolute atomic E-state index is 2.56. The molecule has 0 fully saturated rings. The summed E-state index contributed by atoms with van der Waals surface area (Å²) in [5, 5.41) is 25.3. The monoisotopic (exact) mass is 398 g/mol. The Balaban J connectivity index is 1.70. The van der Waals surface area contributed by atoms with Crippen molar-refractivity contribution in [1.82, 2.24) is 0 Å². The Morgan fingerprint density at radius 1 is 0.406 bits per heavy atom. The van der Waals surface area contributed by atoms with Crippen LogP contribution in [0, 0.1) is 0 Å². The standard InChI is InChI=1S/C32H14/c1-2-12-6-16-10-18-8-14-4-3-13-7-17-9-15-5-11(1)19-20(12)28-24(16)26(18)30-22(14)21(13)29-25(17)23(15)27(19)31(28)32(29)30/h1-7,18H,8-10H2/t18-/m1/s1. The Kier molecular flexibility index (Phi) is 1.55. The Morgan fingerprint density at radius 2 is 0.906 bits per heavy atom. The van der Waals surface area contributed by atoms with Crippen LogP contribution in [-0.2, 0) is 19.3 Å². The Labute approximate surface area is 181 Å².